The van der Waals surface area contributed by atoms with Crippen LogP contribution in [0, 0.1) is 0 Å². The first-order valence-corrected chi connectivity index (χ1v) is 5.89. The van der Waals surface area contributed by atoms with Gasteiger partial charge in [-0.2, -0.15) is 0 Å². The van der Waals surface area contributed by atoms with Gasteiger partial charge >= 0.3 is 5.97 Å². The van der Waals surface area contributed by atoms with E-state index >= 15 is 0 Å². The maximum atomic E-state index is 10.5. The zero-order valence-corrected chi connectivity index (χ0v) is 11.2. The van der Waals surface area contributed by atoms with Gasteiger partial charge in [-0.25, -0.2) is 4.79 Å². The SMILES string of the molecule is C=C(C)CCOc1cc(/C=C/C(=O)O)ccc1OC. The summed E-state index contributed by atoms with van der Waals surface area (Å²) in [6.07, 6.45) is 3.35. The van der Waals surface area contributed by atoms with Gasteiger partial charge in [-0.15, -0.1) is 6.58 Å². The first kappa shape index (κ1) is 14.8. The van der Waals surface area contributed by atoms with E-state index in [0.717, 1.165) is 23.6 Å². The Labute approximate surface area is 113 Å². The summed E-state index contributed by atoms with van der Waals surface area (Å²) in [6.45, 7) is 6.26. The first-order chi connectivity index (χ1) is 9.02. The average molecular weight is 262 g/mol. The molecule has 0 saturated heterocycles. The molecule has 0 bridgehead atoms. The van der Waals surface area contributed by atoms with E-state index in [2.05, 4.69) is 6.58 Å². The van der Waals surface area contributed by atoms with Crippen LogP contribution in [-0.2, 0) is 4.79 Å². The quantitative estimate of drug-likeness (QED) is 0.606. The number of hydrogen-bond donors (Lipinski definition) is 1. The fraction of sp³-hybridized carbons (Fsp3) is 0.267. The number of hydrogen-bond acceptors (Lipinski definition) is 3. The molecule has 1 rings (SSSR count). The summed E-state index contributed by atoms with van der Waals surface area (Å²) in [5.41, 5.74) is 1.79. The van der Waals surface area contributed by atoms with Gasteiger partial charge < -0.3 is 14.6 Å². The minimum atomic E-state index is -0.986. The summed E-state index contributed by atoms with van der Waals surface area (Å²) in [5, 5.41) is 8.59. The van der Waals surface area contributed by atoms with Crippen molar-refractivity contribution in [2.45, 2.75) is 13.3 Å². The van der Waals surface area contributed by atoms with Gasteiger partial charge in [0.25, 0.3) is 0 Å². The first-order valence-electron chi connectivity index (χ1n) is 5.89. The summed E-state index contributed by atoms with van der Waals surface area (Å²) < 4.78 is 10.8. The van der Waals surface area contributed by atoms with E-state index in [1.165, 1.54) is 6.08 Å². The summed E-state index contributed by atoms with van der Waals surface area (Å²) in [4.78, 5) is 10.5. The van der Waals surface area contributed by atoms with E-state index in [4.69, 9.17) is 14.6 Å². The molecule has 0 aromatic heterocycles. The molecule has 0 atom stereocenters. The molecule has 0 spiro atoms. The standard InChI is InChI=1S/C15H18O4/c1-11(2)8-9-19-14-10-12(5-7-15(16)17)4-6-13(14)18-3/h4-7,10H,1,8-9H2,2-3H3,(H,16,17)/b7-5+. The van der Waals surface area contributed by atoms with Gasteiger partial charge in [-0.05, 0) is 30.7 Å². The van der Waals surface area contributed by atoms with Crippen LogP contribution in [0.15, 0.2) is 36.4 Å². The highest BCUT2D eigenvalue weighted by Crippen LogP contribution is 2.28. The fourth-order valence-electron chi connectivity index (χ4n) is 1.41. The molecule has 0 saturated carbocycles. The molecule has 4 heteroatoms. The Morgan fingerprint density at radius 3 is 2.74 bits per heavy atom. The predicted molar refractivity (Wildman–Crippen MR) is 74.6 cm³/mol. The minimum absolute atomic E-state index is 0.512. The van der Waals surface area contributed by atoms with Crippen LogP contribution < -0.4 is 9.47 Å². The summed E-state index contributed by atoms with van der Waals surface area (Å²) in [7, 11) is 1.56. The highest BCUT2D eigenvalue weighted by Gasteiger charge is 2.05. The molecular weight excluding hydrogens is 244 g/mol. The smallest absolute Gasteiger partial charge is 0.328 e. The molecule has 1 aromatic rings. The Morgan fingerprint density at radius 2 is 2.16 bits per heavy atom. The molecule has 1 aromatic carbocycles. The van der Waals surface area contributed by atoms with Crippen LogP contribution in [0.3, 0.4) is 0 Å². The van der Waals surface area contributed by atoms with Crippen LogP contribution in [0.25, 0.3) is 6.08 Å². The summed E-state index contributed by atoms with van der Waals surface area (Å²) in [6, 6.07) is 5.26. The lowest BCUT2D eigenvalue weighted by Gasteiger charge is -2.11. The van der Waals surface area contributed by atoms with Crippen LogP contribution in [0.5, 0.6) is 11.5 Å². The molecule has 0 amide bonds. The van der Waals surface area contributed by atoms with Crippen LogP contribution in [-0.4, -0.2) is 24.8 Å². The normalized spacial score (nSPS) is 10.4. The van der Waals surface area contributed by atoms with Crippen LogP contribution in [0.4, 0.5) is 0 Å². The van der Waals surface area contributed by atoms with Crippen molar-refractivity contribution in [3.05, 3.63) is 42.0 Å². The lowest BCUT2D eigenvalue weighted by Crippen LogP contribution is -2.00. The van der Waals surface area contributed by atoms with Gasteiger partial charge in [0.1, 0.15) is 0 Å². The van der Waals surface area contributed by atoms with Crippen molar-refractivity contribution >= 4 is 12.0 Å². The largest absolute Gasteiger partial charge is 0.493 e. The molecule has 19 heavy (non-hydrogen) atoms. The van der Waals surface area contributed by atoms with Gasteiger partial charge in [0.2, 0.25) is 0 Å². The zero-order valence-electron chi connectivity index (χ0n) is 11.2. The molecule has 0 aliphatic rings. The number of carboxylic acids is 1. The van der Waals surface area contributed by atoms with E-state index < -0.39 is 5.97 Å². The van der Waals surface area contributed by atoms with Crippen molar-refractivity contribution < 1.29 is 19.4 Å². The molecule has 0 fully saturated rings. The van der Waals surface area contributed by atoms with E-state index in [1.54, 1.807) is 25.3 Å². The average Bonchev–Trinajstić information content (AvgIpc) is 2.36. The Hall–Kier alpha value is -2.23. The maximum Gasteiger partial charge on any atom is 0.328 e. The van der Waals surface area contributed by atoms with Gasteiger partial charge in [0, 0.05) is 12.5 Å². The number of benzene rings is 1. The minimum Gasteiger partial charge on any atom is -0.493 e. The van der Waals surface area contributed by atoms with Crippen molar-refractivity contribution in [2.75, 3.05) is 13.7 Å². The van der Waals surface area contributed by atoms with Crippen molar-refractivity contribution in [1.82, 2.24) is 0 Å². The highest BCUT2D eigenvalue weighted by atomic mass is 16.5. The van der Waals surface area contributed by atoms with Gasteiger partial charge in [-0.3, -0.25) is 0 Å². The number of carboxylic acid groups (broad SMARTS) is 1. The zero-order chi connectivity index (χ0) is 14.3. The molecule has 102 valence electrons. The molecular formula is C15H18O4. The molecule has 0 unspecified atom stereocenters. The van der Waals surface area contributed by atoms with E-state index in [-0.39, 0.29) is 0 Å². The summed E-state index contributed by atoms with van der Waals surface area (Å²) in [5.74, 6) is 0.228. The third kappa shape index (κ3) is 5.29. The third-order valence-corrected chi connectivity index (χ3v) is 2.39. The highest BCUT2D eigenvalue weighted by molar-refractivity contribution is 5.85. The predicted octanol–water partition coefficient (Wildman–Crippen LogP) is 3.14. The third-order valence-electron chi connectivity index (χ3n) is 2.39. The fourth-order valence-corrected chi connectivity index (χ4v) is 1.41. The number of aliphatic carboxylic acids is 1. The van der Waals surface area contributed by atoms with Crippen molar-refractivity contribution in [3.63, 3.8) is 0 Å². The Bertz CT molecular complexity index is 489. The number of methoxy groups -OCH3 is 1. The molecule has 1 N–H and O–H groups in total. The lowest BCUT2D eigenvalue weighted by molar-refractivity contribution is -0.131. The van der Waals surface area contributed by atoms with Crippen molar-refractivity contribution in [3.8, 4) is 11.5 Å². The maximum absolute atomic E-state index is 10.5. The second-order valence-electron chi connectivity index (χ2n) is 4.14. The van der Waals surface area contributed by atoms with Gasteiger partial charge in [0.15, 0.2) is 11.5 Å². The summed E-state index contributed by atoms with van der Waals surface area (Å²) >= 11 is 0. The Balaban J connectivity index is 2.83. The van der Waals surface area contributed by atoms with Gasteiger partial charge in [-0.1, -0.05) is 11.6 Å². The Morgan fingerprint density at radius 1 is 1.42 bits per heavy atom. The van der Waals surface area contributed by atoms with E-state index in [0.29, 0.717) is 18.1 Å². The van der Waals surface area contributed by atoms with Crippen molar-refractivity contribution in [1.29, 1.82) is 0 Å². The molecule has 0 aliphatic carbocycles. The number of ether oxygens (including phenoxy) is 2. The lowest BCUT2D eigenvalue weighted by atomic mass is 10.2. The topological polar surface area (TPSA) is 55.8 Å². The molecule has 4 nitrogen and oxygen atoms in total. The molecule has 0 heterocycles. The van der Waals surface area contributed by atoms with E-state index in [9.17, 15) is 4.79 Å². The molecule has 0 radical (unpaired) electrons. The van der Waals surface area contributed by atoms with Gasteiger partial charge in [0.05, 0.1) is 13.7 Å². The Kier molecular flexibility index (Phi) is 5.67. The second-order valence-corrected chi connectivity index (χ2v) is 4.14. The van der Waals surface area contributed by atoms with Crippen molar-refractivity contribution in [2.24, 2.45) is 0 Å². The van der Waals surface area contributed by atoms with Crippen LogP contribution >= 0.6 is 0 Å². The monoisotopic (exact) mass is 262 g/mol. The van der Waals surface area contributed by atoms with Crippen LogP contribution in [0.2, 0.25) is 0 Å². The van der Waals surface area contributed by atoms with E-state index in [1.807, 2.05) is 6.92 Å². The second kappa shape index (κ2) is 7.26. The van der Waals surface area contributed by atoms with Crippen LogP contribution in [0.1, 0.15) is 18.9 Å². The number of carbonyl (C=O) groups is 1. The number of rotatable bonds is 7. The molecule has 0 aliphatic heterocycles.